The average molecular weight is 627 g/mol. The molecule has 0 unspecified atom stereocenters. The first-order valence-electron chi connectivity index (χ1n) is 15.1. The van der Waals surface area contributed by atoms with Gasteiger partial charge in [-0.2, -0.15) is 26.3 Å². The van der Waals surface area contributed by atoms with Crippen LogP contribution in [-0.4, -0.2) is 73.5 Å². The van der Waals surface area contributed by atoms with Gasteiger partial charge in [-0.05, 0) is 68.8 Å². The number of ether oxygens (including phenoxy) is 2. The van der Waals surface area contributed by atoms with Gasteiger partial charge in [0.1, 0.15) is 0 Å². The van der Waals surface area contributed by atoms with E-state index in [0.717, 1.165) is 49.2 Å². The predicted molar refractivity (Wildman–Crippen MR) is 157 cm³/mol. The molecular formula is C33H40F6N2O3. The highest BCUT2D eigenvalue weighted by atomic mass is 19.4. The Morgan fingerprint density at radius 1 is 0.886 bits per heavy atom. The second kappa shape index (κ2) is 15.2. The van der Waals surface area contributed by atoms with Crippen molar-refractivity contribution in [1.29, 1.82) is 0 Å². The minimum absolute atomic E-state index is 0.00544. The lowest BCUT2D eigenvalue weighted by Crippen LogP contribution is -2.45. The Hall–Kier alpha value is -3.21. The smallest absolute Gasteiger partial charge is 0.422 e. The van der Waals surface area contributed by atoms with Gasteiger partial charge in [0.15, 0.2) is 24.7 Å². The summed E-state index contributed by atoms with van der Waals surface area (Å²) < 4.78 is 86.8. The summed E-state index contributed by atoms with van der Waals surface area (Å²) in [4.78, 5) is 18.1. The highest BCUT2D eigenvalue weighted by Gasteiger charge is 2.33. The van der Waals surface area contributed by atoms with Gasteiger partial charge in [-0.15, -0.1) is 0 Å². The van der Waals surface area contributed by atoms with E-state index in [4.69, 9.17) is 9.47 Å². The van der Waals surface area contributed by atoms with E-state index in [1.54, 1.807) is 4.90 Å². The largest absolute Gasteiger partial charge is 0.480 e. The zero-order valence-electron chi connectivity index (χ0n) is 24.9. The molecule has 1 saturated carbocycles. The van der Waals surface area contributed by atoms with Gasteiger partial charge in [-0.25, -0.2) is 0 Å². The minimum atomic E-state index is -4.74. The van der Waals surface area contributed by atoms with Crippen molar-refractivity contribution in [2.75, 3.05) is 39.4 Å². The highest BCUT2D eigenvalue weighted by Crippen LogP contribution is 2.33. The van der Waals surface area contributed by atoms with Crippen LogP contribution in [0.2, 0.25) is 0 Å². The number of nitrogens with zero attached hydrogens (tertiary/aromatic N) is 2. The van der Waals surface area contributed by atoms with Gasteiger partial charge in [0, 0.05) is 31.2 Å². The standard InChI is InChI=1S/C33H40F6N2O3/c1-24(17-25-9-4-2-5-10-25)19-41(21-28-13-8-16-40(28)20-26-11-6-3-7-12-26)31(42)27-14-15-29(43-22-32(34,35)36)30(18-27)44-23-33(37,38)39/h2,4-5,9-10,14-15,17-18,26,28H,3,6-8,11-13,16,19-23H2,1H3/b24-17+/t28-/m0/s1. The lowest BCUT2D eigenvalue weighted by atomic mass is 9.89. The van der Waals surface area contributed by atoms with Crippen LogP contribution in [0.4, 0.5) is 26.3 Å². The maximum atomic E-state index is 14.0. The fourth-order valence-electron chi connectivity index (χ4n) is 6.07. The molecule has 0 bridgehead atoms. The molecule has 2 aliphatic rings. The topological polar surface area (TPSA) is 42.0 Å². The molecule has 0 spiro atoms. The molecule has 0 N–H and O–H groups in total. The van der Waals surface area contributed by atoms with Crippen molar-refractivity contribution in [2.45, 2.75) is 70.3 Å². The van der Waals surface area contributed by atoms with E-state index in [0.29, 0.717) is 12.5 Å². The van der Waals surface area contributed by atoms with E-state index < -0.39 is 43.0 Å². The van der Waals surface area contributed by atoms with Crippen LogP contribution >= 0.6 is 0 Å². The van der Waals surface area contributed by atoms with Crippen LogP contribution in [0.1, 0.15) is 67.8 Å². The molecule has 1 atom stereocenters. The first-order chi connectivity index (χ1) is 20.9. The number of amides is 1. The quantitative estimate of drug-likeness (QED) is 0.223. The van der Waals surface area contributed by atoms with Crippen molar-refractivity contribution >= 4 is 12.0 Å². The van der Waals surface area contributed by atoms with Gasteiger partial charge in [-0.3, -0.25) is 9.69 Å². The molecule has 1 saturated heterocycles. The maximum absolute atomic E-state index is 14.0. The number of hydrogen-bond donors (Lipinski definition) is 0. The first kappa shape index (κ1) is 33.7. The lowest BCUT2D eigenvalue weighted by Gasteiger charge is -2.34. The molecule has 1 heterocycles. The fourth-order valence-corrected chi connectivity index (χ4v) is 6.07. The summed E-state index contributed by atoms with van der Waals surface area (Å²) in [6.45, 7) is 1.07. The number of hydrogen-bond acceptors (Lipinski definition) is 4. The Kier molecular flexibility index (Phi) is 11.6. The van der Waals surface area contributed by atoms with Crippen LogP contribution in [0.5, 0.6) is 11.5 Å². The van der Waals surface area contributed by atoms with E-state index in [1.165, 1.54) is 38.2 Å². The molecule has 242 valence electrons. The Labute approximate surface area is 254 Å². The lowest BCUT2D eigenvalue weighted by molar-refractivity contribution is -0.158. The molecule has 0 aromatic heterocycles. The summed E-state index contributed by atoms with van der Waals surface area (Å²) in [7, 11) is 0. The zero-order valence-corrected chi connectivity index (χ0v) is 24.9. The molecular weight excluding hydrogens is 586 g/mol. The normalized spacial score (nSPS) is 18.8. The summed E-state index contributed by atoms with van der Waals surface area (Å²) in [5.74, 6) is -0.918. The monoisotopic (exact) mass is 626 g/mol. The molecule has 2 aromatic carbocycles. The molecule has 1 amide bonds. The number of likely N-dealkylation sites (tertiary alicyclic amines) is 1. The van der Waals surface area contributed by atoms with Gasteiger partial charge >= 0.3 is 12.4 Å². The van der Waals surface area contributed by atoms with Gasteiger partial charge < -0.3 is 14.4 Å². The van der Waals surface area contributed by atoms with Crippen molar-refractivity contribution in [3.05, 3.63) is 65.2 Å². The van der Waals surface area contributed by atoms with Crippen LogP contribution in [0.15, 0.2) is 54.1 Å². The second-order valence-corrected chi connectivity index (χ2v) is 11.9. The Morgan fingerprint density at radius 3 is 2.20 bits per heavy atom. The summed E-state index contributed by atoms with van der Waals surface area (Å²) in [6, 6.07) is 13.1. The number of alkyl halides is 6. The molecule has 0 radical (unpaired) electrons. The van der Waals surface area contributed by atoms with E-state index in [-0.39, 0.29) is 18.2 Å². The van der Waals surface area contributed by atoms with Crippen LogP contribution in [0.3, 0.4) is 0 Å². The average Bonchev–Trinajstić information content (AvgIpc) is 3.40. The maximum Gasteiger partial charge on any atom is 0.422 e. The Morgan fingerprint density at radius 2 is 1.55 bits per heavy atom. The van der Waals surface area contributed by atoms with E-state index >= 15 is 0 Å². The Bertz CT molecular complexity index is 1240. The van der Waals surface area contributed by atoms with Crippen molar-refractivity contribution in [3.8, 4) is 11.5 Å². The van der Waals surface area contributed by atoms with Gasteiger partial charge in [-0.1, -0.05) is 61.2 Å². The van der Waals surface area contributed by atoms with E-state index in [1.807, 2.05) is 43.3 Å². The number of benzene rings is 2. The van der Waals surface area contributed by atoms with Crippen molar-refractivity contribution in [1.82, 2.24) is 9.80 Å². The van der Waals surface area contributed by atoms with Crippen molar-refractivity contribution in [2.24, 2.45) is 5.92 Å². The number of halogens is 6. The number of carbonyl (C=O) groups is 1. The van der Waals surface area contributed by atoms with E-state index in [2.05, 4.69) is 4.90 Å². The van der Waals surface area contributed by atoms with E-state index in [9.17, 15) is 31.1 Å². The third-order valence-corrected chi connectivity index (χ3v) is 8.06. The molecule has 1 aliphatic carbocycles. The zero-order chi connectivity index (χ0) is 31.7. The molecule has 11 heteroatoms. The molecule has 2 aromatic rings. The second-order valence-electron chi connectivity index (χ2n) is 11.9. The minimum Gasteiger partial charge on any atom is -0.480 e. The summed E-state index contributed by atoms with van der Waals surface area (Å²) >= 11 is 0. The Balaban J connectivity index is 1.59. The SMILES string of the molecule is C/C(=C\c1ccccc1)CN(C[C@@H]1CCCN1CC1CCCCC1)C(=O)c1ccc(OCC(F)(F)F)c(OCC(F)(F)F)c1. The fraction of sp³-hybridized carbons (Fsp3) is 0.545. The third-order valence-electron chi connectivity index (χ3n) is 8.06. The molecule has 44 heavy (non-hydrogen) atoms. The van der Waals surface area contributed by atoms with Gasteiger partial charge in [0.2, 0.25) is 0 Å². The van der Waals surface area contributed by atoms with Crippen molar-refractivity contribution in [3.63, 3.8) is 0 Å². The number of carbonyl (C=O) groups excluding carboxylic acids is 1. The summed E-state index contributed by atoms with van der Waals surface area (Å²) in [5.41, 5.74) is 1.87. The predicted octanol–water partition coefficient (Wildman–Crippen LogP) is 8.16. The third kappa shape index (κ3) is 10.7. The molecule has 5 nitrogen and oxygen atoms in total. The van der Waals surface area contributed by atoms with Crippen LogP contribution in [-0.2, 0) is 0 Å². The molecule has 4 rings (SSSR count). The highest BCUT2D eigenvalue weighted by molar-refractivity contribution is 5.95. The van der Waals surface area contributed by atoms with Crippen LogP contribution in [0.25, 0.3) is 6.08 Å². The first-order valence-corrected chi connectivity index (χ1v) is 15.1. The molecule has 1 aliphatic heterocycles. The summed E-state index contributed by atoms with van der Waals surface area (Å²) in [6.07, 6.45) is 0.600. The van der Waals surface area contributed by atoms with Gasteiger partial charge in [0.05, 0.1) is 0 Å². The molecule has 2 fully saturated rings. The van der Waals surface area contributed by atoms with Crippen molar-refractivity contribution < 1.29 is 40.6 Å². The van der Waals surface area contributed by atoms with Gasteiger partial charge in [0.25, 0.3) is 5.91 Å². The van der Waals surface area contributed by atoms with Crippen LogP contribution < -0.4 is 9.47 Å². The number of rotatable bonds is 12. The van der Waals surface area contributed by atoms with Crippen LogP contribution in [0, 0.1) is 5.92 Å². The summed E-state index contributed by atoms with van der Waals surface area (Å²) in [5, 5.41) is 0.